The maximum absolute atomic E-state index is 5.44. The highest BCUT2D eigenvalue weighted by atomic mass is 32.1. The van der Waals surface area contributed by atoms with E-state index in [1.807, 2.05) is 6.20 Å². The van der Waals surface area contributed by atoms with Gasteiger partial charge in [-0.1, -0.05) is 12.8 Å². The summed E-state index contributed by atoms with van der Waals surface area (Å²) in [4.78, 5) is 4.54. The molecule has 4 heteroatoms. The summed E-state index contributed by atoms with van der Waals surface area (Å²) in [6.45, 7) is 2.96. The summed E-state index contributed by atoms with van der Waals surface area (Å²) >= 11 is 1.80. The second kappa shape index (κ2) is 5.04. The van der Waals surface area contributed by atoms with Crippen molar-refractivity contribution in [2.75, 3.05) is 19.8 Å². The highest BCUT2D eigenvalue weighted by Gasteiger charge is 2.37. The number of hydrogen-bond donors (Lipinski definition) is 1. The van der Waals surface area contributed by atoms with Crippen LogP contribution in [0.3, 0.4) is 0 Å². The van der Waals surface area contributed by atoms with Crippen molar-refractivity contribution in [1.82, 2.24) is 10.3 Å². The SMILES string of the molecule is c1csc(C2(NC[C@H]3CCOC3)CCCC2)n1. The molecule has 0 amide bonds. The Kier molecular flexibility index (Phi) is 3.45. The summed E-state index contributed by atoms with van der Waals surface area (Å²) in [5.41, 5.74) is 0.177. The van der Waals surface area contributed by atoms with Crippen LogP contribution in [-0.4, -0.2) is 24.7 Å². The molecule has 0 spiro atoms. The molecule has 0 unspecified atom stereocenters. The zero-order valence-corrected chi connectivity index (χ0v) is 11.0. The van der Waals surface area contributed by atoms with E-state index in [0.717, 1.165) is 19.8 Å². The number of rotatable bonds is 4. The minimum atomic E-state index is 0.177. The van der Waals surface area contributed by atoms with E-state index in [0.29, 0.717) is 5.92 Å². The van der Waals surface area contributed by atoms with Crippen LogP contribution in [0.4, 0.5) is 0 Å². The zero-order valence-electron chi connectivity index (χ0n) is 10.2. The standard InChI is InChI=1S/C13H20N2OS/c1-2-5-13(4-1,12-14-6-8-17-12)15-9-11-3-7-16-10-11/h6,8,11,15H,1-5,7,9-10H2/t11-/m1/s1. The summed E-state index contributed by atoms with van der Waals surface area (Å²) in [6.07, 6.45) is 8.28. The smallest absolute Gasteiger partial charge is 0.113 e. The molecule has 3 nitrogen and oxygen atoms in total. The molecule has 1 saturated carbocycles. The first kappa shape index (κ1) is 11.6. The predicted molar refractivity (Wildman–Crippen MR) is 69.2 cm³/mol. The van der Waals surface area contributed by atoms with Crippen molar-refractivity contribution in [2.24, 2.45) is 5.92 Å². The minimum absolute atomic E-state index is 0.177. The monoisotopic (exact) mass is 252 g/mol. The van der Waals surface area contributed by atoms with Gasteiger partial charge < -0.3 is 10.1 Å². The van der Waals surface area contributed by atoms with Gasteiger partial charge in [-0.25, -0.2) is 4.98 Å². The molecule has 1 aliphatic heterocycles. The van der Waals surface area contributed by atoms with Gasteiger partial charge in [0.15, 0.2) is 0 Å². The average molecular weight is 252 g/mol. The third kappa shape index (κ3) is 2.39. The van der Waals surface area contributed by atoms with Crippen LogP contribution in [0.2, 0.25) is 0 Å². The molecule has 1 N–H and O–H groups in total. The zero-order chi connectivity index (χ0) is 11.6. The first-order valence-electron chi connectivity index (χ1n) is 6.62. The van der Waals surface area contributed by atoms with Gasteiger partial charge in [0.2, 0.25) is 0 Å². The Hall–Kier alpha value is -0.450. The maximum Gasteiger partial charge on any atom is 0.113 e. The van der Waals surface area contributed by atoms with Gasteiger partial charge in [-0.2, -0.15) is 0 Å². The van der Waals surface area contributed by atoms with E-state index in [1.165, 1.54) is 37.1 Å². The summed E-state index contributed by atoms with van der Waals surface area (Å²) < 4.78 is 5.44. The van der Waals surface area contributed by atoms with Crippen LogP contribution in [0.15, 0.2) is 11.6 Å². The van der Waals surface area contributed by atoms with Crippen LogP contribution in [0.5, 0.6) is 0 Å². The van der Waals surface area contributed by atoms with Gasteiger partial charge in [0, 0.05) is 24.7 Å². The van der Waals surface area contributed by atoms with Crippen molar-refractivity contribution in [3.63, 3.8) is 0 Å². The van der Waals surface area contributed by atoms with Crippen molar-refractivity contribution in [3.05, 3.63) is 16.6 Å². The normalized spacial score (nSPS) is 27.6. The molecule has 2 aliphatic rings. The van der Waals surface area contributed by atoms with E-state index in [2.05, 4.69) is 15.7 Å². The Balaban J connectivity index is 1.67. The molecule has 94 valence electrons. The molecule has 2 heterocycles. The lowest BCUT2D eigenvalue weighted by Crippen LogP contribution is -2.42. The molecule has 17 heavy (non-hydrogen) atoms. The highest BCUT2D eigenvalue weighted by molar-refractivity contribution is 7.09. The summed E-state index contributed by atoms with van der Waals surface area (Å²) in [6, 6.07) is 0. The molecule has 1 aromatic heterocycles. The van der Waals surface area contributed by atoms with E-state index in [1.54, 1.807) is 11.3 Å². The van der Waals surface area contributed by atoms with Crippen molar-refractivity contribution < 1.29 is 4.74 Å². The fourth-order valence-corrected chi connectivity index (χ4v) is 3.86. The molecule has 0 aromatic carbocycles. The predicted octanol–water partition coefficient (Wildman–Crippen LogP) is 2.54. The maximum atomic E-state index is 5.44. The van der Waals surface area contributed by atoms with E-state index >= 15 is 0 Å². The Morgan fingerprint density at radius 2 is 2.35 bits per heavy atom. The summed E-state index contributed by atoms with van der Waals surface area (Å²) in [5.74, 6) is 0.701. The van der Waals surface area contributed by atoms with Gasteiger partial charge in [-0.15, -0.1) is 11.3 Å². The van der Waals surface area contributed by atoms with Crippen LogP contribution < -0.4 is 5.32 Å². The molecular formula is C13H20N2OS. The fourth-order valence-electron chi connectivity index (χ4n) is 2.99. The van der Waals surface area contributed by atoms with E-state index < -0.39 is 0 Å². The number of nitrogens with zero attached hydrogens (tertiary/aromatic N) is 1. The Morgan fingerprint density at radius 1 is 1.47 bits per heavy atom. The van der Waals surface area contributed by atoms with Crippen molar-refractivity contribution in [3.8, 4) is 0 Å². The largest absolute Gasteiger partial charge is 0.381 e. The topological polar surface area (TPSA) is 34.1 Å². The number of hydrogen-bond acceptors (Lipinski definition) is 4. The molecule has 1 aliphatic carbocycles. The van der Waals surface area contributed by atoms with Gasteiger partial charge in [0.25, 0.3) is 0 Å². The van der Waals surface area contributed by atoms with Crippen LogP contribution in [0.25, 0.3) is 0 Å². The van der Waals surface area contributed by atoms with Gasteiger partial charge in [-0.05, 0) is 25.2 Å². The van der Waals surface area contributed by atoms with Crippen LogP contribution in [0.1, 0.15) is 37.1 Å². The van der Waals surface area contributed by atoms with Gasteiger partial charge >= 0.3 is 0 Å². The molecule has 1 saturated heterocycles. The summed E-state index contributed by atoms with van der Waals surface area (Å²) in [5, 5.41) is 7.19. The number of nitrogens with one attached hydrogen (secondary N) is 1. The Bertz CT molecular complexity index is 340. The fraction of sp³-hybridized carbons (Fsp3) is 0.769. The number of thiazole rings is 1. The minimum Gasteiger partial charge on any atom is -0.381 e. The second-order valence-corrected chi connectivity index (χ2v) is 6.13. The van der Waals surface area contributed by atoms with Gasteiger partial charge in [0.05, 0.1) is 12.1 Å². The number of aromatic nitrogens is 1. The quantitative estimate of drug-likeness (QED) is 0.894. The van der Waals surface area contributed by atoms with Gasteiger partial charge in [0.1, 0.15) is 5.01 Å². The molecule has 1 atom stereocenters. The molecule has 1 aromatic rings. The summed E-state index contributed by atoms with van der Waals surface area (Å²) in [7, 11) is 0. The number of ether oxygens (including phenoxy) is 1. The lowest BCUT2D eigenvalue weighted by atomic mass is 9.97. The van der Waals surface area contributed by atoms with Crippen molar-refractivity contribution >= 4 is 11.3 Å². The first-order chi connectivity index (χ1) is 8.39. The van der Waals surface area contributed by atoms with Crippen molar-refractivity contribution in [2.45, 2.75) is 37.6 Å². The van der Waals surface area contributed by atoms with Crippen molar-refractivity contribution in [1.29, 1.82) is 0 Å². The van der Waals surface area contributed by atoms with Crippen LogP contribution in [-0.2, 0) is 10.3 Å². The van der Waals surface area contributed by atoms with E-state index in [9.17, 15) is 0 Å². The second-order valence-electron chi connectivity index (χ2n) is 5.24. The molecule has 0 bridgehead atoms. The van der Waals surface area contributed by atoms with E-state index in [-0.39, 0.29) is 5.54 Å². The molecule has 3 rings (SSSR count). The van der Waals surface area contributed by atoms with Crippen LogP contribution >= 0.6 is 11.3 Å². The lowest BCUT2D eigenvalue weighted by Gasteiger charge is -2.29. The van der Waals surface area contributed by atoms with Gasteiger partial charge in [-0.3, -0.25) is 0 Å². The third-order valence-electron chi connectivity index (χ3n) is 4.05. The molecule has 2 fully saturated rings. The highest BCUT2D eigenvalue weighted by Crippen LogP contribution is 2.39. The Labute approximate surface area is 107 Å². The first-order valence-corrected chi connectivity index (χ1v) is 7.50. The average Bonchev–Trinajstić information content (AvgIpc) is 3.09. The van der Waals surface area contributed by atoms with Crippen LogP contribution in [0, 0.1) is 5.92 Å². The third-order valence-corrected chi connectivity index (χ3v) is 5.03. The molecular weight excluding hydrogens is 232 g/mol. The molecule has 0 radical (unpaired) electrons. The Morgan fingerprint density at radius 3 is 3.00 bits per heavy atom. The lowest BCUT2D eigenvalue weighted by molar-refractivity contribution is 0.181. The van der Waals surface area contributed by atoms with E-state index in [4.69, 9.17) is 4.74 Å².